The summed E-state index contributed by atoms with van der Waals surface area (Å²) in [5.74, 6) is -0.442. The number of hydrogen-bond acceptors (Lipinski definition) is 2. The number of hydrogen-bond donors (Lipinski definition) is 1. The van der Waals surface area contributed by atoms with Gasteiger partial charge in [-0.1, -0.05) is 18.6 Å². The summed E-state index contributed by atoms with van der Waals surface area (Å²) in [4.78, 5) is 25.6. The van der Waals surface area contributed by atoms with Crippen LogP contribution in [0.4, 0.5) is 0 Å². The van der Waals surface area contributed by atoms with Gasteiger partial charge in [0.2, 0.25) is 0 Å². The molecule has 0 bridgehead atoms. The molecule has 2 aliphatic rings. The molecule has 4 nitrogen and oxygen atoms in total. The molecule has 1 aromatic rings. The first-order valence-electron chi connectivity index (χ1n) is 7.68. The lowest BCUT2D eigenvalue weighted by molar-refractivity contribution is -0.147. The summed E-state index contributed by atoms with van der Waals surface area (Å²) in [6.45, 7) is 2.16. The molecule has 2 fully saturated rings. The fourth-order valence-corrected chi connectivity index (χ4v) is 3.31. The van der Waals surface area contributed by atoms with Crippen molar-refractivity contribution in [1.29, 1.82) is 0 Å². The second-order valence-electron chi connectivity index (χ2n) is 6.39. The first-order chi connectivity index (χ1) is 10.0. The zero-order valence-corrected chi connectivity index (χ0v) is 12.3. The van der Waals surface area contributed by atoms with Gasteiger partial charge in [0.15, 0.2) is 0 Å². The summed E-state index contributed by atoms with van der Waals surface area (Å²) in [5.41, 5.74) is 0.816. The van der Waals surface area contributed by atoms with Gasteiger partial charge in [-0.3, -0.25) is 4.79 Å². The molecule has 1 aliphatic heterocycles. The number of carbonyl (C=O) groups excluding carboxylic acids is 1. The number of carbonyl (C=O) groups is 2. The summed E-state index contributed by atoms with van der Waals surface area (Å²) in [7, 11) is 0. The van der Waals surface area contributed by atoms with Gasteiger partial charge < -0.3 is 10.0 Å². The normalized spacial score (nSPS) is 25.7. The minimum atomic E-state index is -1.07. The minimum absolute atomic E-state index is 0.169. The lowest BCUT2D eigenvalue weighted by atomic mass is 9.80. The quantitative estimate of drug-likeness (QED) is 0.929. The Bertz CT molecular complexity index is 562. The van der Waals surface area contributed by atoms with E-state index in [1.54, 1.807) is 6.92 Å². The van der Waals surface area contributed by atoms with E-state index in [4.69, 9.17) is 0 Å². The van der Waals surface area contributed by atoms with Crippen molar-refractivity contribution in [3.63, 3.8) is 0 Å². The van der Waals surface area contributed by atoms with Gasteiger partial charge >= 0.3 is 5.97 Å². The Balaban J connectivity index is 1.79. The van der Waals surface area contributed by atoms with Crippen LogP contribution in [0.25, 0.3) is 0 Å². The number of rotatable bonds is 3. The Kier molecular flexibility index (Phi) is 3.47. The summed E-state index contributed by atoms with van der Waals surface area (Å²) in [6, 6.07) is 7.73. The Morgan fingerprint density at radius 3 is 2.38 bits per heavy atom. The summed E-state index contributed by atoms with van der Waals surface area (Å²) >= 11 is 0. The second kappa shape index (κ2) is 5.17. The number of carboxylic acid groups (broad SMARTS) is 1. The average Bonchev–Trinajstić information content (AvgIpc) is 2.80. The number of amides is 1. The van der Waals surface area contributed by atoms with Crippen molar-refractivity contribution in [3.05, 3.63) is 35.4 Å². The monoisotopic (exact) mass is 287 g/mol. The molecular weight excluding hydrogens is 266 g/mol. The van der Waals surface area contributed by atoms with Crippen LogP contribution in [-0.2, 0) is 4.79 Å². The maximum Gasteiger partial charge on any atom is 0.329 e. The van der Waals surface area contributed by atoms with Crippen molar-refractivity contribution in [2.75, 3.05) is 6.54 Å². The molecule has 1 heterocycles. The van der Waals surface area contributed by atoms with Crippen LogP contribution in [0.1, 0.15) is 60.9 Å². The van der Waals surface area contributed by atoms with Gasteiger partial charge in [-0.15, -0.1) is 0 Å². The third-order valence-corrected chi connectivity index (χ3v) is 5.08. The number of likely N-dealkylation sites (tertiary alicyclic amines) is 1. The number of carboxylic acids is 1. The zero-order chi connectivity index (χ0) is 15.0. The lowest BCUT2D eigenvalue weighted by Crippen LogP contribution is -2.50. The van der Waals surface area contributed by atoms with E-state index in [2.05, 4.69) is 0 Å². The van der Waals surface area contributed by atoms with Gasteiger partial charge in [0.1, 0.15) is 5.54 Å². The molecule has 21 heavy (non-hydrogen) atoms. The van der Waals surface area contributed by atoms with E-state index in [1.165, 1.54) is 29.7 Å². The number of aliphatic carboxylic acids is 1. The van der Waals surface area contributed by atoms with Crippen LogP contribution < -0.4 is 0 Å². The fraction of sp³-hybridized carbons (Fsp3) is 0.529. The molecule has 1 N–H and O–H groups in total. The summed E-state index contributed by atoms with van der Waals surface area (Å²) in [6.07, 6.45) is 5.02. The molecule has 1 atom stereocenters. The van der Waals surface area contributed by atoms with Crippen LogP contribution in [0, 0.1) is 0 Å². The Hall–Kier alpha value is -1.84. The molecule has 4 heteroatoms. The lowest BCUT2D eigenvalue weighted by Gasteiger charge is -2.31. The highest BCUT2D eigenvalue weighted by Gasteiger charge is 2.46. The standard InChI is InChI=1S/C17H21NO3/c1-17(16(20)21)10-3-11-18(17)15(19)14-8-6-13(7-9-14)12-4-2-5-12/h6-9,12H,2-5,10-11H2,1H3,(H,20,21). The molecular formula is C17H21NO3. The highest BCUT2D eigenvalue weighted by Crippen LogP contribution is 2.36. The van der Waals surface area contributed by atoms with Crippen LogP contribution >= 0.6 is 0 Å². The van der Waals surface area contributed by atoms with E-state index in [1.807, 2.05) is 24.3 Å². The first kappa shape index (κ1) is 14.1. The maximum atomic E-state index is 12.6. The van der Waals surface area contributed by atoms with E-state index in [0.29, 0.717) is 24.4 Å². The SMILES string of the molecule is CC1(C(=O)O)CCCN1C(=O)c1ccc(C2CCC2)cc1. The van der Waals surface area contributed by atoms with Gasteiger partial charge in [0, 0.05) is 12.1 Å². The summed E-state index contributed by atoms with van der Waals surface area (Å²) in [5, 5.41) is 9.40. The number of nitrogens with zero attached hydrogens (tertiary/aromatic N) is 1. The molecule has 112 valence electrons. The van der Waals surface area contributed by atoms with Crippen LogP contribution in [0.2, 0.25) is 0 Å². The Labute approximate surface area is 124 Å². The van der Waals surface area contributed by atoms with E-state index >= 15 is 0 Å². The highest BCUT2D eigenvalue weighted by molar-refractivity contribution is 5.98. The van der Waals surface area contributed by atoms with Crippen LogP contribution in [-0.4, -0.2) is 34.0 Å². The predicted molar refractivity (Wildman–Crippen MR) is 79.3 cm³/mol. The molecule has 1 aromatic carbocycles. The molecule has 1 saturated carbocycles. The van der Waals surface area contributed by atoms with Crippen molar-refractivity contribution in [1.82, 2.24) is 4.90 Å². The van der Waals surface area contributed by atoms with Crippen molar-refractivity contribution in [2.45, 2.75) is 50.5 Å². The molecule has 1 aliphatic carbocycles. The van der Waals surface area contributed by atoms with Crippen molar-refractivity contribution >= 4 is 11.9 Å². The molecule has 0 aromatic heterocycles. The van der Waals surface area contributed by atoms with Crippen LogP contribution in [0.3, 0.4) is 0 Å². The fourth-order valence-electron chi connectivity index (χ4n) is 3.31. The molecule has 1 unspecified atom stereocenters. The molecule has 1 saturated heterocycles. The third-order valence-electron chi connectivity index (χ3n) is 5.08. The van der Waals surface area contributed by atoms with E-state index in [-0.39, 0.29) is 5.91 Å². The van der Waals surface area contributed by atoms with Crippen molar-refractivity contribution in [3.8, 4) is 0 Å². The average molecular weight is 287 g/mol. The Morgan fingerprint density at radius 2 is 1.86 bits per heavy atom. The van der Waals surface area contributed by atoms with Crippen LogP contribution in [0.5, 0.6) is 0 Å². The molecule has 0 spiro atoms. The molecule has 0 radical (unpaired) electrons. The van der Waals surface area contributed by atoms with Gasteiger partial charge in [0.25, 0.3) is 5.91 Å². The number of benzene rings is 1. The van der Waals surface area contributed by atoms with Gasteiger partial charge in [-0.05, 0) is 56.2 Å². The van der Waals surface area contributed by atoms with Crippen LogP contribution in [0.15, 0.2) is 24.3 Å². The Morgan fingerprint density at radius 1 is 1.19 bits per heavy atom. The van der Waals surface area contributed by atoms with Gasteiger partial charge in [0.05, 0.1) is 0 Å². The topological polar surface area (TPSA) is 57.6 Å². The van der Waals surface area contributed by atoms with Crippen molar-refractivity contribution < 1.29 is 14.7 Å². The van der Waals surface area contributed by atoms with E-state index in [0.717, 1.165) is 6.42 Å². The predicted octanol–water partition coefficient (Wildman–Crippen LogP) is 3.03. The largest absolute Gasteiger partial charge is 0.480 e. The minimum Gasteiger partial charge on any atom is -0.480 e. The molecule has 1 amide bonds. The van der Waals surface area contributed by atoms with E-state index < -0.39 is 11.5 Å². The maximum absolute atomic E-state index is 12.6. The van der Waals surface area contributed by atoms with Crippen molar-refractivity contribution in [2.24, 2.45) is 0 Å². The molecule has 3 rings (SSSR count). The summed E-state index contributed by atoms with van der Waals surface area (Å²) < 4.78 is 0. The zero-order valence-electron chi connectivity index (χ0n) is 12.3. The second-order valence-corrected chi connectivity index (χ2v) is 6.39. The van der Waals surface area contributed by atoms with Gasteiger partial charge in [-0.2, -0.15) is 0 Å². The third kappa shape index (κ3) is 2.33. The van der Waals surface area contributed by atoms with E-state index in [9.17, 15) is 14.7 Å². The highest BCUT2D eigenvalue weighted by atomic mass is 16.4. The smallest absolute Gasteiger partial charge is 0.329 e. The van der Waals surface area contributed by atoms with Gasteiger partial charge in [-0.25, -0.2) is 4.79 Å². The first-order valence-corrected chi connectivity index (χ1v) is 7.68.